The van der Waals surface area contributed by atoms with Gasteiger partial charge in [0.15, 0.2) is 17.9 Å². The van der Waals surface area contributed by atoms with E-state index in [0.29, 0.717) is 55.4 Å². The number of aliphatic hydroxyl groups excluding tert-OH is 1. The Hall–Kier alpha value is -10.2. The number of aldehydes is 1. The monoisotopic (exact) mass is 1630 g/mol. The molecule has 580 valence electrons. The van der Waals surface area contributed by atoms with Crippen molar-refractivity contribution in [1.29, 1.82) is 0 Å². The van der Waals surface area contributed by atoms with Gasteiger partial charge in [0.05, 0.1) is 21.2 Å². The van der Waals surface area contributed by atoms with Crippen molar-refractivity contribution in [2.24, 2.45) is 15.4 Å². The van der Waals surface area contributed by atoms with E-state index in [1.165, 1.54) is 68.5 Å². The Kier molecular flexibility index (Phi) is 39.6. The maximum absolute atomic E-state index is 14.9. The van der Waals surface area contributed by atoms with Crippen LogP contribution in [0.3, 0.4) is 0 Å². The van der Waals surface area contributed by atoms with Crippen LogP contribution in [0.4, 0.5) is 13.2 Å². The molecule has 3 heterocycles. The molecule has 0 fully saturated rings. The molecule has 111 heavy (non-hydrogen) atoms. The van der Waals surface area contributed by atoms with Crippen LogP contribution >= 0.6 is 0 Å². The predicted octanol–water partition coefficient (Wildman–Crippen LogP) is 3.79. The molecule has 0 aliphatic rings. The van der Waals surface area contributed by atoms with Crippen molar-refractivity contribution in [2.75, 3.05) is 27.2 Å². The van der Waals surface area contributed by atoms with Gasteiger partial charge in [0.1, 0.15) is 58.6 Å². The van der Waals surface area contributed by atoms with Gasteiger partial charge in [-0.1, -0.05) is 152 Å². The number of nitrogens with two attached hydrogens (primary N) is 3. The van der Waals surface area contributed by atoms with E-state index >= 15 is 0 Å². The molecule has 0 saturated heterocycles. The van der Waals surface area contributed by atoms with Crippen LogP contribution in [0, 0.1) is 17.5 Å². The summed E-state index contributed by atoms with van der Waals surface area (Å²) in [5.74, 6) is -2.23. The second kappa shape index (κ2) is 47.1. The number of likely N-dealkylation sites (N-methyl/N-ethyl adjacent to an activating group) is 2. The van der Waals surface area contributed by atoms with Gasteiger partial charge in [-0.15, -0.1) is 15.3 Å². The first-order valence-electron chi connectivity index (χ1n) is 32.4. The molecule has 11 rings (SSSR count). The van der Waals surface area contributed by atoms with Gasteiger partial charge in [-0.2, -0.15) is 0 Å². The summed E-state index contributed by atoms with van der Waals surface area (Å²) in [6.45, 7) is 5.48. The molecule has 0 aliphatic heterocycles. The molecule has 0 aliphatic carbocycles. The van der Waals surface area contributed by atoms with E-state index in [1.54, 1.807) is 0 Å². The number of sulfonamides is 3. The molecule has 11 aromatic rings. The number of rotatable bonds is 22. The van der Waals surface area contributed by atoms with E-state index in [1.807, 2.05) is 129 Å². The van der Waals surface area contributed by atoms with Gasteiger partial charge in [-0.05, 0) is 116 Å². The van der Waals surface area contributed by atoms with E-state index < -0.39 is 86.9 Å². The molecule has 0 saturated carbocycles. The van der Waals surface area contributed by atoms with Gasteiger partial charge in [0.25, 0.3) is 0 Å². The second-order valence-corrected chi connectivity index (χ2v) is 27.8. The van der Waals surface area contributed by atoms with Crippen LogP contribution in [0.1, 0.15) is 88.3 Å². The summed E-state index contributed by atoms with van der Waals surface area (Å²) < 4.78 is 137. The van der Waals surface area contributed by atoms with Gasteiger partial charge >= 0.3 is 64.0 Å². The Morgan fingerprint density at radius 3 is 1.12 bits per heavy atom. The van der Waals surface area contributed by atoms with E-state index in [4.69, 9.17) is 23.1 Å². The molecule has 8 N–H and O–H groups in total. The summed E-state index contributed by atoms with van der Waals surface area (Å²) >= 11 is -1.44. The standard InChI is InChI=1S/C25H26FN5O2S.C16H15FN4O3S.C16H13FN4O3S.C9H13N.C4H6O4.C2H3BO2.Mn.Na.2O/c1-30(15-14-19-8-4-2-5-9-19)18-24-28-25(16-20-10-6-3-7-11-20)31(29-24)23-13-12-21(17-22(23)26)34(27,32)33;2*17-13-9-12(25(18,23)24)6-7-14(13)21-16(19-15(10-22)20-21)8-11-4-2-1-3-5-11;1-10-8-7-9-5-3-2-4-6-9;1-3(5)7-8-4(2)6;1-2(4)5-3;;;;/h2-13,17H,14-16,18H2,1H3,(H2,27,32,33);1-7,9,22H,8,10H2,(H2,18,23,24);1-7,9-10H,8H2,(H2,18,23,24);2-6,10H,7-8H2,1H3;1-2H3;1H3;;;;/q;;;;;-1;;+1;;. The zero-order chi connectivity index (χ0) is 81.0. The number of hydrogen-bond acceptors (Lipinski definition) is 24. The van der Waals surface area contributed by atoms with Crippen LogP contribution in [0.5, 0.6) is 0 Å². The molecule has 0 atom stereocenters. The molecule has 30 nitrogen and oxygen atoms in total. The molecule has 0 bridgehead atoms. The first-order valence-corrected chi connectivity index (χ1v) is 38.0. The van der Waals surface area contributed by atoms with Crippen molar-refractivity contribution in [3.8, 4) is 17.1 Å². The van der Waals surface area contributed by atoms with Crippen LogP contribution in [0.2, 0.25) is 0 Å². The Morgan fingerprint density at radius 1 is 0.514 bits per heavy atom. The molecule has 3 radical (unpaired) electrons. The number of hydrogen-bond donors (Lipinski definition) is 5. The van der Waals surface area contributed by atoms with Crippen molar-refractivity contribution in [1.82, 2.24) is 54.5 Å². The average Bonchev–Trinajstić information content (AvgIpc) is 1.72. The topological polar surface area (TPSA) is 438 Å². The Bertz CT molecular complexity index is 5200. The molecule has 3 aromatic heterocycles. The molecule has 8 aromatic carbocycles. The third-order valence-electron chi connectivity index (χ3n) is 14.4. The van der Waals surface area contributed by atoms with Crippen molar-refractivity contribution < 1.29 is 129 Å². The Labute approximate surface area is 668 Å². The van der Waals surface area contributed by atoms with E-state index in [-0.39, 0.29) is 73.0 Å². The Morgan fingerprint density at radius 2 is 0.820 bits per heavy atom. The molecule has 0 spiro atoms. The molecular weight excluding hydrogens is 1560 g/mol. The number of carbonyl (C=O) groups is 4. The van der Waals surface area contributed by atoms with E-state index in [9.17, 15) is 62.7 Å². The number of aromatic nitrogens is 9. The van der Waals surface area contributed by atoms with Crippen molar-refractivity contribution in [3.05, 3.63) is 286 Å². The van der Waals surface area contributed by atoms with Gasteiger partial charge in [0.2, 0.25) is 41.9 Å². The fourth-order valence-electron chi connectivity index (χ4n) is 9.41. The third-order valence-corrected chi connectivity index (χ3v) is 17.1. The van der Waals surface area contributed by atoms with Gasteiger partial charge in [-0.3, -0.25) is 14.5 Å². The van der Waals surface area contributed by atoms with E-state index in [2.05, 4.69) is 99.3 Å². The number of primary sulfonamides is 3. The van der Waals surface area contributed by atoms with Crippen LogP contribution in [-0.2, 0) is 127 Å². The zero-order valence-corrected chi connectivity index (χ0v) is 66.3. The Balaban J connectivity index is 0.000000304. The predicted molar refractivity (Wildman–Crippen MR) is 390 cm³/mol. The number of nitrogens with one attached hydrogen (secondary N) is 1. The minimum atomic E-state index is -4.02. The molecule has 0 unspecified atom stereocenters. The van der Waals surface area contributed by atoms with Crippen LogP contribution < -0.4 is 50.3 Å². The fourth-order valence-corrected chi connectivity index (χ4v) is 11.0. The van der Waals surface area contributed by atoms with Crippen molar-refractivity contribution in [3.63, 3.8) is 0 Å². The quantitative estimate of drug-likeness (QED) is 0.0279. The van der Waals surface area contributed by atoms with Crippen LogP contribution in [-0.4, -0.2) is 139 Å². The zero-order valence-electron chi connectivity index (χ0n) is 60.7. The second-order valence-electron chi connectivity index (χ2n) is 22.9. The van der Waals surface area contributed by atoms with Crippen molar-refractivity contribution >= 4 is 62.3 Å². The first-order chi connectivity index (χ1) is 52.3. The number of aliphatic hydroxyl groups is 1. The summed E-state index contributed by atoms with van der Waals surface area (Å²) in [5.41, 5.74) is 5.58. The number of nitrogens with zero attached hydrogens (tertiary/aromatic N) is 10. The van der Waals surface area contributed by atoms with Gasteiger partial charge < -0.3 is 23.1 Å². The average molecular weight is 1640 g/mol. The van der Waals surface area contributed by atoms with Crippen molar-refractivity contribution in [2.45, 2.75) is 80.7 Å². The summed E-state index contributed by atoms with van der Waals surface area (Å²) in [5, 5.41) is 40.2. The number of halogens is 3. The summed E-state index contributed by atoms with van der Waals surface area (Å²) in [4.78, 5) is 61.9. The molecule has 0 amide bonds. The number of carbonyl (C=O) groups excluding carboxylic acids is 4. The fraction of sp³-hybridized carbons (Fsp3) is 0.194. The SMILES string of the molecule is CC(=O)OOC(C)=O.CN(CCc1ccccc1)Cc1nc(Cc2ccccc2)n(-c2ccc(S(N)(=O)=O)cc2F)n1.CNCCc1ccccc1.NS(=O)(=O)c1ccc(-n2nc(C=O)nc2Cc2ccccc2)c(F)c1.NS(=O)(=O)c1ccc(-n2nc(CO)nc2Cc2ccccc2)c(F)c1.[B-]OC(C)=O.[Na+].[O]=[Mn]=[O]. The van der Waals surface area contributed by atoms with Gasteiger partial charge in [0, 0.05) is 46.6 Å². The summed E-state index contributed by atoms with van der Waals surface area (Å²) in [7, 11) is -3.76. The molecular formula is C72H76BF3MnN14NaO16S3. The summed E-state index contributed by atoms with van der Waals surface area (Å²) in [6.07, 6.45) is 3.59. The minimum absolute atomic E-state index is 0. The third kappa shape index (κ3) is 32.7. The normalized spacial score (nSPS) is 10.6. The van der Waals surface area contributed by atoms with Gasteiger partial charge in [-0.25, -0.2) is 102 Å². The molecule has 39 heteroatoms. The van der Waals surface area contributed by atoms with E-state index in [0.717, 1.165) is 74.7 Å². The maximum atomic E-state index is 14.9. The first kappa shape index (κ1) is 93.2. The van der Waals surface area contributed by atoms with Crippen LogP contribution in [0.15, 0.2) is 221 Å². The summed E-state index contributed by atoms with van der Waals surface area (Å²) in [6, 6.07) is 59.1. The van der Waals surface area contributed by atoms with Crippen LogP contribution in [0.25, 0.3) is 17.1 Å². The number of benzene rings is 8.